The number of primary amides is 1. The molecule has 1 saturated carbocycles. The van der Waals surface area contributed by atoms with E-state index < -0.39 is 29.7 Å². The molecule has 0 aromatic rings. The molecule has 7 atom stereocenters. The van der Waals surface area contributed by atoms with E-state index in [0.29, 0.717) is 13.0 Å². The van der Waals surface area contributed by atoms with Crippen LogP contribution >= 0.6 is 0 Å². The van der Waals surface area contributed by atoms with Gasteiger partial charge in [-0.1, -0.05) is 25.5 Å². The molecule has 2 aliphatic heterocycles. The Hall–Kier alpha value is -1.64. The van der Waals surface area contributed by atoms with Crippen molar-refractivity contribution in [3.8, 4) is 0 Å². The molecule has 0 radical (unpaired) electrons. The highest BCUT2D eigenvalue weighted by Crippen LogP contribution is 2.59. The maximum absolute atomic E-state index is 12.5. The molecule has 30 heavy (non-hydrogen) atoms. The van der Waals surface area contributed by atoms with Gasteiger partial charge in [-0.25, -0.2) is 4.79 Å². The number of nitrogens with two attached hydrogens (primary N) is 1. The van der Waals surface area contributed by atoms with Crippen LogP contribution in [0.25, 0.3) is 0 Å². The molecule has 3 N–H and O–H groups in total. The summed E-state index contributed by atoms with van der Waals surface area (Å²) >= 11 is 0. The number of epoxide rings is 2. The highest BCUT2D eigenvalue weighted by atomic mass is 16.6. The van der Waals surface area contributed by atoms with Crippen LogP contribution in [-0.4, -0.2) is 61.3 Å². The van der Waals surface area contributed by atoms with Crippen LogP contribution in [0.4, 0.5) is 4.79 Å². The van der Waals surface area contributed by atoms with Gasteiger partial charge in [-0.05, 0) is 46.0 Å². The van der Waals surface area contributed by atoms with Gasteiger partial charge >= 0.3 is 6.09 Å². The van der Waals surface area contributed by atoms with Gasteiger partial charge in [0.05, 0.1) is 18.6 Å². The van der Waals surface area contributed by atoms with E-state index in [1.165, 1.54) is 5.57 Å². The largest absolute Gasteiger partial charge is 0.443 e. The molecule has 5 unspecified atom stereocenters. The summed E-state index contributed by atoms with van der Waals surface area (Å²) in [4.78, 5) is 24.1. The maximum Gasteiger partial charge on any atom is 0.408 e. The number of amides is 2. The standard InChI is InChI=1S/C22H36N2O6/c1-12(2)7-8-15-21(5,30-15)18-17(27-6)14(9-10-22(18)11-28-22)29-20(26)24-16(13(3)4)19(23)25/h7,13-18H,8-11H2,1-6H3,(H2,23,25)(H,24,26)/t14?,15?,16?,17?,18?,21-,22-/m0/s1. The van der Waals surface area contributed by atoms with Gasteiger partial charge in [-0.15, -0.1) is 0 Å². The predicted octanol–water partition coefficient (Wildman–Crippen LogP) is 2.30. The summed E-state index contributed by atoms with van der Waals surface area (Å²) in [5, 5.41) is 2.59. The van der Waals surface area contributed by atoms with E-state index in [1.54, 1.807) is 7.11 Å². The topological polar surface area (TPSA) is 116 Å². The van der Waals surface area contributed by atoms with Crippen molar-refractivity contribution in [3.63, 3.8) is 0 Å². The zero-order valence-corrected chi connectivity index (χ0v) is 18.9. The Labute approximate surface area is 178 Å². The Morgan fingerprint density at radius 1 is 1.33 bits per heavy atom. The van der Waals surface area contributed by atoms with Gasteiger partial charge < -0.3 is 30.0 Å². The molecule has 170 valence electrons. The molecular weight excluding hydrogens is 388 g/mol. The number of alkyl carbamates (subject to hydrolysis) is 1. The lowest BCUT2D eigenvalue weighted by atomic mass is 9.68. The molecule has 2 amide bonds. The number of hydrogen-bond donors (Lipinski definition) is 2. The van der Waals surface area contributed by atoms with Gasteiger partial charge in [-0.2, -0.15) is 0 Å². The SMILES string of the molecule is COC1C(OC(=O)NC(C(N)=O)C(C)C)CC[C@]2(CO2)C1[C@@]1(C)OC1CC=C(C)C. The van der Waals surface area contributed by atoms with Gasteiger partial charge in [0.2, 0.25) is 5.91 Å². The van der Waals surface area contributed by atoms with E-state index in [1.807, 2.05) is 13.8 Å². The average Bonchev–Trinajstić information content (AvgIpc) is 3.56. The first kappa shape index (κ1) is 23.0. The van der Waals surface area contributed by atoms with Crippen molar-refractivity contribution in [1.82, 2.24) is 5.32 Å². The quantitative estimate of drug-likeness (QED) is 0.456. The van der Waals surface area contributed by atoms with E-state index >= 15 is 0 Å². The average molecular weight is 425 g/mol. The van der Waals surface area contributed by atoms with Crippen LogP contribution in [0.3, 0.4) is 0 Å². The number of carbonyl (C=O) groups is 2. The second-order valence-electron chi connectivity index (χ2n) is 9.59. The molecule has 1 spiro atoms. The number of rotatable bonds is 8. The fourth-order valence-corrected chi connectivity index (χ4v) is 4.94. The molecule has 3 fully saturated rings. The van der Waals surface area contributed by atoms with E-state index in [9.17, 15) is 9.59 Å². The van der Waals surface area contributed by atoms with Crippen molar-refractivity contribution in [2.24, 2.45) is 17.6 Å². The molecule has 2 heterocycles. The fraction of sp³-hybridized carbons (Fsp3) is 0.818. The Morgan fingerprint density at radius 3 is 2.50 bits per heavy atom. The first-order valence-corrected chi connectivity index (χ1v) is 10.8. The second kappa shape index (κ2) is 8.48. The molecule has 1 aliphatic carbocycles. The Balaban J connectivity index is 1.71. The molecule has 3 aliphatic rings. The summed E-state index contributed by atoms with van der Waals surface area (Å²) in [6.45, 7) is 10.5. The molecule has 8 nitrogen and oxygen atoms in total. The third-order valence-electron chi connectivity index (χ3n) is 6.74. The van der Waals surface area contributed by atoms with Crippen LogP contribution in [0.5, 0.6) is 0 Å². The highest BCUT2D eigenvalue weighted by Gasteiger charge is 2.72. The summed E-state index contributed by atoms with van der Waals surface area (Å²) in [6, 6.07) is -0.784. The number of methoxy groups -OCH3 is 1. The molecule has 0 aromatic heterocycles. The summed E-state index contributed by atoms with van der Waals surface area (Å²) in [7, 11) is 1.63. The number of ether oxygens (including phenoxy) is 4. The third kappa shape index (κ3) is 4.50. The van der Waals surface area contributed by atoms with E-state index in [-0.39, 0.29) is 29.6 Å². The minimum Gasteiger partial charge on any atom is -0.443 e. The minimum atomic E-state index is -0.784. The van der Waals surface area contributed by atoms with Gasteiger partial charge in [0.15, 0.2) is 0 Å². The van der Waals surface area contributed by atoms with Crippen molar-refractivity contribution >= 4 is 12.0 Å². The van der Waals surface area contributed by atoms with Crippen LogP contribution in [0.2, 0.25) is 0 Å². The molecule has 3 rings (SSSR count). The van der Waals surface area contributed by atoms with Gasteiger partial charge in [0.1, 0.15) is 29.5 Å². The molecule has 8 heteroatoms. The first-order valence-electron chi connectivity index (χ1n) is 10.8. The lowest BCUT2D eigenvalue weighted by Crippen LogP contribution is -2.57. The van der Waals surface area contributed by atoms with E-state index in [0.717, 1.165) is 12.8 Å². The lowest BCUT2D eigenvalue weighted by molar-refractivity contribution is -0.123. The summed E-state index contributed by atoms with van der Waals surface area (Å²) in [5.74, 6) is -0.766. The van der Waals surface area contributed by atoms with Crippen LogP contribution in [0, 0.1) is 11.8 Å². The van der Waals surface area contributed by atoms with Crippen molar-refractivity contribution < 1.29 is 28.5 Å². The van der Waals surface area contributed by atoms with Crippen LogP contribution in [0.1, 0.15) is 53.9 Å². The van der Waals surface area contributed by atoms with Gasteiger partial charge in [0, 0.05) is 7.11 Å². The highest BCUT2D eigenvalue weighted by molar-refractivity contribution is 5.84. The minimum absolute atomic E-state index is 0.0471. The van der Waals surface area contributed by atoms with Crippen molar-refractivity contribution in [2.45, 2.75) is 89.4 Å². The number of nitrogens with one attached hydrogen (secondary N) is 1. The lowest BCUT2D eigenvalue weighted by Gasteiger charge is -2.42. The summed E-state index contributed by atoms with van der Waals surface area (Å²) < 4.78 is 23.7. The fourth-order valence-electron chi connectivity index (χ4n) is 4.94. The van der Waals surface area contributed by atoms with E-state index in [4.69, 9.17) is 24.7 Å². The van der Waals surface area contributed by atoms with Crippen molar-refractivity contribution in [1.29, 1.82) is 0 Å². The number of hydrogen-bond acceptors (Lipinski definition) is 6. The van der Waals surface area contributed by atoms with Crippen LogP contribution < -0.4 is 11.1 Å². The van der Waals surface area contributed by atoms with Crippen LogP contribution in [-0.2, 0) is 23.7 Å². The smallest absolute Gasteiger partial charge is 0.408 e. The van der Waals surface area contributed by atoms with E-state index in [2.05, 4.69) is 32.2 Å². The monoisotopic (exact) mass is 424 g/mol. The number of allylic oxidation sites excluding steroid dienone is 1. The Kier molecular flexibility index (Phi) is 6.51. The molecular formula is C22H36N2O6. The van der Waals surface area contributed by atoms with Gasteiger partial charge in [0.25, 0.3) is 0 Å². The zero-order valence-electron chi connectivity index (χ0n) is 18.9. The maximum atomic E-state index is 12.5. The molecule has 0 aromatic carbocycles. The number of carbonyl (C=O) groups excluding carboxylic acids is 2. The van der Waals surface area contributed by atoms with Crippen molar-refractivity contribution in [3.05, 3.63) is 11.6 Å². The van der Waals surface area contributed by atoms with Crippen molar-refractivity contribution in [2.75, 3.05) is 13.7 Å². The van der Waals surface area contributed by atoms with Crippen LogP contribution in [0.15, 0.2) is 11.6 Å². The Morgan fingerprint density at radius 2 is 2.00 bits per heavy atom. The Bertz CT molecular complexity index is 700. The molecule has 2 saturated heterocycles. The summed E-state index contributed by atoms with van der Waals surface area (Å²) in [5.41, 5.74) is 5.98. The third-order valence-corrected chi connectivity index (χ3v) is 6.74. The normalized spacial score (nSPS) is 38.1. The molecule has 0 bridgehead atoms. The predicted molar refractivity (Wildman–Crippen MR) is 111 cm³/mol. The zero-order chi connectivity index (χ0) is 22.3. The first-order chi connectivity index (χ1) is 14.0. The second-order valence-corrected chi connectivity index (χ2v) is 9.59. The summed E-state index contributed by atoms with van der Waals surface area (Å²) in [6.07, 6.45) is 3.02. The van der Waals surface area contributed by atoms with Gasteiger partial charge in [-0.3, -0.25) is 4.79 Å².